The minimum atomic E-state index is -1.62. The van der Waals surface area contributed by atoms with Crippen molar-refractivity contribution in [2.75, 3.05) is 7.11 Å². The molecular weight excluding hydrogens is 456 g/mol. The van der Waals surface area contributed by atoms with E-state index < -0.39 is 23.3 Å². The summed E-state index contributed by atoms with van der Waals surface area (Å²) in [5.74, 6) is 0.376. The Bertz CT molecular complexity index is 398. The standard InChI is InChI=1S/C10H10ClO3.ClH.Hg.H2O/c1-7(12)14-6-8-5-9(11)3-4-10(8)13-2;;;/h3,5H,6H2,1-2H3;1H;;1H2/q;;+1;/p-1. The Hall–Kier alpha value is -0.0349. The summed E-state index contributed by atoms with van der Waals surface area (Å²) in [6, 6.07) is 3.55. The number of halogens is 2. The van der Waals surface area contributed by atoms with Gasteiger partial charge in [-0.15, -0.1) is 0 Å². The maximum atomic E-state index is 10.7. The Morgan fingerprint density at radius 2 is 2.12 bits per heavy atom. The van der Waals surface area contributed by atoms with Crippen LogP contribution in [0.2, 0.25) is 5.02 Å². The van der Waals surface area contributed by atoms with Crippen LogP contribution >= 0.6 is 19.9 Å². The summed E-state index contributed by atoms with van der Waals surface area (Å²) in [7, 11) is 7.57. The van der Waals surface area contributed by atoms with E-state index in [9.17, 15) is 4.79 Å². The van der Waals surface area contributed by atoms with Crippen LogP contribution in [-0.2, 0) is 39.5 Å². The summed E-state index contributed by atoms with van der Waals surface area (Å²) in [5, 5.41) is 0.596. The molecule has 0 unspecified atom stereocenters. The van der Waals surface area contributed by atoms with E-state index in [1.165, 1.54) is 6.92 Å². The molecule has 1 aromatic rings. The van der Waals surface area contributed by atoms with Gasteiger partial charge in [-0.05, 0) is 0 Å². The fraction of sp³-hybridized carbons (Fsp3) is 0.300. The number of rotatable bonds is 4. The van der Waals surface area contributed by atoms with Gasteiger partial charge in [-0.1, -0.05) is 0 Å². The smallest absolute Gasteiger partial charge is 0.412 e. The largest absolute Gasteiger partial charge is 0.412 e. The molecule has 0 radical (unpaired) electrons. The van der Waals surface area contributed by atoms with Crippen LogP contribution in [0.25, 0.3) is 0 Å². The molecule has 0 atom stereocenters. The topological polar surface area (TPSA) is 67.0 Å². The molecule has 0 saturated carbocycles. The Morgan fingerprint density at radius 1 is 1.47 bits per heavy atom. The van der Waals surface area contributed by atoms with Crippen LogP contribution in [0.1, 0.15) is 12.5 Å². The molecule has 17 heavy (non-hydrogen) atoms. The Labute approximate surface area is 120 Å². The maximum Gasteiger partial charge on any atom is -0.412 e. The van der Waals surface area contributed by atoms with Gasteiger partial charge in [0.05, 0.1) is 0 Å². The second-order valence-corrected chi connectivity index (χ2v) is 9.95. The first-order chi connectivity index (χ1) is 7.58. The van der Waals surface area contributed by atoms with Crippen LogP contribution in [-0.4, -0.2) is 18.6 Å². The maximum absolute atomic E-state index is 10.7. The Morgan fingerprint density at radius 3 is 2.59 bits per heavy atom. The predicted octanol–water partition coefficient (Wildman–Crippen LogP) is 1.45. The fourth-order valence-corrected chi connectivity index (χ4v) is 6.94. The summed E-state index contributed by atoms with van der Waals surface area (Å²) in [6.07, 6.45) is 0. The molecule has 0 fully saturated rings. The fourth-order valence-electron chi connectivity index (χ4n) is 1.36. The molecule has 4 nitrogen and oxygen atoms in total. The molecule has 0 aliphatic rings. The molecule has 1 aromatic carbocycles. The third kappa shape index (κ3) is 5.00. The second kappa shape index (κ2) is 8.13. The molecule has 0 aliphatic heterocycles. The van der Waals surface area contributed by atoms with Crippen molar-refractivity contribution in [1.82, 2.24) is 0 Å². The first-order valence-electron chi connectivity index (χ1n) is 4.63. The van der Waals surface area contributed by atoms with Crippen molar-refractivity contribution in [3.8, 4) is 5.75 Å². The first kappa shape index (κ1) is 17.0. The predicted molar refractivity (Wildman–Crippen MR) is 62.6 cm³/mol. The SMILES string of the molecule is COc1c(COC(C)=O)cc(Cl)c[c]1[Hg][Cl].O. The number of hydrogen-bond acceptors (Lipinski definition) is 3. The molecule has 0 spiro atoms. The van der Waals surface area contributed by atoms with Gasteiger partial charge in [0.25, 0.3) is 0 Å². The Kier molecular flexibility index (Phi) is 8.12. The molecule has 0 heterocycles. The van der Waals surface area contributed by atoms with Crippen LogP contribution in [0, 0.1) is 0 Å². The number of hydrogen-bond donors (Lipinski definition) is 0. The minimum absolute atomic E-state index is 0. The van der Waals surface area contributed by atoms with Crippen molar-refractivity contribution in [3.63, 3.8) is 0 Å². The molecule has 0 saturated heterocycles. The molecule has 2 N–H and O–H groups in total. The van der Waals surface area contributed by atoms with E-state index in [2.05, 4.69) is 0 Å². The summed E-state index contributed by atoms with van der Waals surface area (Å²) < 4.78 is 11.2. The molecule has 0 aliphatic carbocycles. The van der Waals surface area contributed by atoms with Crippen molar-refractivity contribution >= 4 is 28.9 Å². The van der Waals surface area contributed by atoms with Crippen molar-refractivity contribution < 1.29 is 43.1 Å². The van der Waals surface area contributed by atoms with Gasteiger partial charge in [0, 0.05) is 0 Å². The molecule has 92 valence electrons. The van der Waals surface area contributed by atoms with Gasteiger partial charge < -0.3 is 5.48 Å². The van der Waals surface area contributed by atoms with E-state index >= 15 is 0 Å². The van der Waals surface area contributed by atoms with Crippen molar-refractivity contribution in [2.24, 2.45) is 0 Å². The molecule has 0 aromatic heterocycles. The van der Waals surface area contributed by atoms with Crippen LogP contribution < -0.4 is 7.81 Å². The zero-order valence-corrected chi connectivity index (χ0v) is 16.6. The van der Waals surface area contributed by atoms with Crippen molar-refractivity contribution in [1.29, 1.82) is 0 Å². The Balaban J connectivity index is 0.00000256. The average Bonchev–Trinajstić information content (AvgIpc) is 2.25. The van der Waals surface area contributed by atoms with E-state index in [4.69, 9.17) is 29.3 Å². The number of methoxy groups -OCH3 is 1. The zero-order chi connectivity index (χ0) is 12.1. The summed E-state index contributed by atoms with van der Waals surface area (Å²) in [5.41, 5.74) is 0.765. The van der Waals surface area contributed by atoms with Gasteiger partial charge in [-0.25, -0.2) is 0 Å². The molecule has 0 amide bonds. The zero-order valence-electron chi connectivity index (χ0n) is 9.55. The van der Waals surface area contributed by atoms with Gasteiger partial charge >= 0.3 is 116 Å². The number of carbonyl (C=O) groups excluding carboxylic acids is 1. The van der Waals surface area contributed by atoms with E-state index in [0.29, 0.717) is 10.8 Å². The molecule has 7 heteroatoms. The van der Waals surface area contributed by atoms with Crippen LogP contribution in [0.5, 0.6) is 5.75 Å². The van der Waals surface area contributed by atoms with Gasteiger partial charge in [-0.2, -0.15) is 0 Å². The third-order valence-electron chi connectivity index (χ3n) is 1.99. The summed E-state index contributed by atoms with van der Waals surface area (Å²) >= 11 is 4.33. The summed E-state index contributed by atoms with van der Waals surface area (Å²) in [6.45, 7) is 1.52. The average molecular weight is 468 g/mol. The van der Waals surface area contributed by atoms with Gasteiger partial charge in [-0.3, -0.25) is 0 Å². The van der Waals surface area contributed by atoms with E-state index in [-0.39, 0.29) is 18.1 Å². The van der Waals surface area contributed by atoms with Crippen LogP contribution in [0.4, 0.5) is 0 Å². The van der Waals surface area contributed by atoms with Crippen LogP contribution in [0.3, 0.4) is 0 Å². The van der Waals surface area contributed by atoms with Crippen molar-refractivity contribution in [2.45, 2.75) is 13.5 Å². The van der Waals surface area contributed by atoms with Gasteiger partial charge in [0.2, 0.25) is 0 Å². The van der Waals surface area contributed by atoms with E-state index in [0.717, 1.165) is 8.64 Å². The van der Waals surface area contributed by atoms with Crippen molar-refractivity contribution in [3.05, 3.63) is 22.7 Å². The normalized spacial score (nSPS) is 8.94. The minimum Gasteiger partial charge on any atom is -0.412 e. The van der Waals surface area contributed by atoms with Gasteiger partial charge in [0.1, 0.15) is 0 Å². The number of carbonyl (C=O) groups is 1. The quantitative estimate of drug-likeness (QED) is 0.497. The van der Waals surface area contributed by atoms with Gasteiger partial charge in [0.15, 0.2) is 0 Å². The van der Waals surface area contributed by atoms with E-state index in [1.54, 1.807) is 13.2 Å². The monoisotopic (exact) mass is 468 g/mol. The van der Waals surface area contributed by atoms with E-state index in [1.807, 2.05) is 6.07 Å². The molecule has 1 rings (SSSR count). The molecule has 0 bridgehead atoms. The third-order valence-corrected chi connectivity index (χ3v) is 7.89. The second-order valence-electron chi connectivity index (χ2n) is 3.17. The summed E-state index contributed by atoms with van der Waals surface area (Å²) in [4.78, 5) is 10.7. The number of ether oxygens (including phenoxy) is 2. The number of esters is 1. The molecular formula is C10H12Cl2HgO4. The van der Waals surface area contributed by atoms with Crippen LogP contribution in [0.15, 0.2) is 12.1 Å². The number of benzene rings is 1. The first-order valence-corrected chi connectivity index (χ1v) is 14.5.